The number of benzene rings is 2. The Balaban J connectivity index is 0.000000720. The van der Waals surface area contributed by atoms with Crippen LogP contribution >= 0.6 is 0 Å². The molecule has 1 aliphatic rings. The van der Waals surface area contributed by atoms with Crippen LogP contribution in [0.15, 0.2) is 54.6 Å². The maximum Gasteiger partial charge on any atom is 0.410 e. The molecule has 12 atom stereocenters. The number of primary amides is 1. The molecule has 27 heteroatoms. The third kappa shape index (κ3) is 35.4. The van der Waals surface area contributed by atoms with Crippen LogP contribution in [0.2, 0.25) is 0 Å². The SMILES string of the molecule is CCOC(=O)N(C)[C@H](C(=O)C[C@H](C(=O)N(C)[C@@H]([C@@H](C)CC)[C@@H](CC(=O)N1CCC[C@H]1[C@H](OC)[C@@H](C)C(=O)C[C@H](C)[C@@H](O)c1ccccc1)OC)C(C)C)C(C)C.Cc1ccc(NC(=O)[C@H](CCCNC(N)=O)CC(=O)[C@@H](NC(=O)CCOCCOCCOCCOCCOCCOCCN)C(C)C)cc1. The first-order valence-electron chi connectivity index (χ1n) is 37.7. The van der Waals surface area contributed by atoms with Gasteiger partial charge < -0.3 is 89.9 Å². The largest absolute Gasteiger partial charge is 0.450 e. The van der Waals surface area contributed by atoms with Gasteiger partial charge in [-0.05, 0) is 86.8 Å². The summed E-state index contributed by atoms with van der Waals surface area (Å²) < 4.78 is 49.6. The normalized spacial score (nSPS) is 16.1. The number of aliphatic hydroxyl groups is 1. The number of anilines is 1. The number of likely N-dealkylation sites (tertiary alicyclic amines) is 1. The van der Waals surface area contributed by atoms with E-state index in [9.17, 15) is 48.3 Å². The topological polar surface area (TPSA) is 355 Å². The van der Waals surface area contributed by atoms with Gasteiger partial charge in [-0.2, -0.15) is 0 Å². The number of Topliss-reactive ketones (excluding diaryl/α,β-unsaturated/α-hetero) is 3. The molecule has 0 aromatic heterocycles. The lowest BCUT2D eigenvalue weighted by atomic mass is 9.83. The summed E-state index contributed by atoms with van der Waals surface area (Å²) >= 11 is 0. The van der Waals surface area contributed by atoms with Gasteiger partial charge >= 0.3 is 12.1 Å². The minimum Gasteiger partial charge on any atom is -0.450 e. The molecule has 0 bridgehead atoms. The van der Waals surface area contributed by atoms with Crippen molar-refractivity contribution in [2.45, 2.75) is 190 Å². The Morgan fingerprint density at radius 1 is 0.648 bits per heavy atom. The lowest BCUT2D eigenvalue weighted by Crippen LogP contribution is -2.54. The van der Waals surface area contributed by atoms with E-state index in [1.807, 2.05) is 124 Å². The van der Waals surface area contributed by atoms with Crippen molar-refractivity contribution in [2.24, 2.45) is 58.8 Å². The highest BCUT2D eigenvalue weighted by atomic mass is 16.6. The number of likely N-dealkylation sites (N-methyl/N-ethyl adjacent to an activating group) is 2. The van der Waals surface area contributed by atoms with E-state index in [0.717, 1.165) is 24.0 Å². The second-order valence-electron chi connectivity index (χ2n) is 28.3. The molecule has 0 saturated carbocycles. The van der Waals surface area contributed by atoms with Crippen LogP contribution in [0.3, 0.4) is 0 Å². The number of carbonyl (C=O) groups excluding carboxylic acids is 9. The van der Waals surface area contributed by atoms with Crippen molar-refractivity contribution in [3.8, 4) is 0 Å². The summed E-state index contributed by atoms with van der Waals surface area (Å²) in [7, 11) is 6.40. The smallest absolute Gasteiger partial charge is 0.410 e. The van der Waals surface area contributed by atoms with Crippen LogP contribution in [-0.4, -0.2) is 243 Å². The molecule has 598 valence electrons. The van der Waals surface area contributed by atoms with E-state index < -0.39 is 66.3 Å². The molecule has 105 heavy (non-hydrogen) atoms. The van der Waals surface area contributed by atoms with Gasteiger partial charge in [0.2, 0.25) is 23.6 Å². The van der Waals surface area contributed by atoms with E-state index in [1.54, 1.807) is 52.3 Å². The molecule has 3 rings (SSSR count). The van der Waals surface area contributed by atoms with Gasteiger partial charge in [0.1, 0.15) is 5.78 Å². The van der Waals surface area contributed by atoms with Crippen molar-refractivity contribution < 1.29 is 90.9 Å². The summed E-state index contributed by atoms with van der Waals surface area (Å²) in [6.07, 6.45) is 0.569. The summed E-state index contributed by atoms with van der Waals surface area (Å²) in [5, 5.41) is 19.1. The highest BCUT2D eigenvalue weighted by Crippen LogP contribution is 2.33. The Hall–Kier alpha value is -6.53. The number of methoxy groups -OCH3 is 2. The lowest BCUT2D eigenvalue weighted by molar-refractivity contribution is -0.149. The Bertz CT molecular complexity index is 2820. The minimum absolute atomic E-state index is 0.0176. The van der Waals surface area contributed by atoms with Gasteiger partial charge in [0, 0.05) is 97.1 Å². The average Bonchev–Trinajstić information content (AvgIpc) is 1.64. The van der Waals surface area contributed by atoms with E-state index in [0.29, 0.717) is 111 Å². The number of aliphatic hydroxyl groups excluding tert-OH is 1. The highest BCUT2D eigenvalue weighted by molar-refractivity contribution is 5.97. The van der Waals surface area contributed by atoms with E-state index in [1.165, 1.54) is 4.90 Å². The van der Waals surface area contributed by atoms with E-state index in [4.69, 9.17) is 54.1 Å². The van der Waals surface area contributed by atoms with Crippen LogP contribution < -0.4 is 27.4 Å². The number of nitrogens with zero attached hydrogens (tertiary/aromatic N) is 3. The van der Waals surface area contributed by atoms with Gasteiger partial charge in [0.25, 0.3) is 0 Å². The quantitative estimate of drug-likeness (QED) is 0.0340. The molecule has 7 amide bonds. The summed E-state index contributed by atoms with van der Waals surface area (Å²) in [6, 6.07) is 13.7. The predicted octanol–water partition coefficient (Wildman–Crippen LogP) is 8.13. The number of carbonyl (C=O) groups is 9. The number of amides is 7. The van der Waals surface area contributed by atoms with Crippen LogP contribution in [0, 0.1) is 54.3 Å². The lowest BCUT2D eigenvalue weighted by Gasteiger charge is -2.41. The summed E-state index contributed by atoms with van der Waals surface area (Å²) in [4.78, 5) is 124. The third-order valence-electron chi connectivity index (χ3n) is 19.1. The maximum atomic E-state index is 14.4. The molecule has 1 saturated heterocycles. The van der Waals surface area contributed by atoms with E-state index in [-0.39, 0.29) is 128 Å². The number of aryl methyl sites for hydroxylation is 1. The van der Waals surface area contributed by atoms with Gasteiger partial charge in [-0.1, -0.05) is 124 Å². The molecule has 0 unspecified atom stereocenters. The summed E-state index contributed by atoms with van der Waals surface area (Å²) in [5.41, 5.74) is 12.9. The molecule has 2 aromatic carbocycles. The van der Waals surface area contributed by atoms with Gasteiger partial charge in [-0.3, -0.25) is 33.6 Å². The minimum atomic E-state index is -0.779. The standard InChI is InChI=1S/C44H73N3O9.C34H59N5O10/c1-14-29(7)40(45(10)43(52)33(27(3)4)25-36(49)39(28(5)6)46(11)44(53)56-15-2)37(54-12)26-38(50)47-23-19-22-34(47)42(55-13)31(9)35(48)24-30(8)41(51)32-20-17-16-18-21-32;1-26(2)32(30(40)25-28(5-4-12-37-34(36)43)33(42)38-29-8-6-27(3)7-9-29)39-31(41)10-13-44-15-17-46-19-21-48-23-24-49-22-20-47-18-16-45-14-11-35/h16-18,20-21,27-31,33-34,37,39-42,51H,14-15,19,22-26H2,1-13H3;6-9,26,28,32H,4-5,10-25,35H2,1-3H3,(H,38,42)(H,39,41)(H3,36,37,43)/t29-,30-,31-,33-,34-,37+,39-,40-,41+,42+;28-,32+/m01/s1. The van der Waals surface area contributed by atoms with Crippen molar-refractivity contribution in [2.75, 3.05) is 139 Å². The second kappa shape index (κ2) is 53.3. The van der Waals surface area contributed by atoms with Crippen LogP contribution in [0.25, 0.3) is 0 Å². The molecule has 1 heterocycles. The molecule has 27 nitrogen and oxygen atoms in total. The van der Waals surface area contributed by atoms with Crippen molar-refractivity contribution in [3.63, 3.8) is 0 Å². The molecule has 1 fully saturated rings. The molecular formula is C78H132N8O19. The van der Waals surface area contributed by atoms with Gasteiger partial charge in [-0.25, -0.2) is 9.59 Å². The van der Waals surface area contributed by atoms with Crippen LogP contribution in [-0.2, 0) is 76.2 Å². The fraction of sp³-hybridized carbons (Fsp3) is 0.731. The maximum absolute atomic E-state index is 14.4. The van der Waals surface area contributed by atoms with Crippen LogP contribution in [0.5, 0.6) is 0 Å². The van der Waals surface area contributed by atoms with Crippen molar-refractivity contribution in [1.82, 2.24) is 25.3 Å². The number of urea groups is 1. The summed E-state index contributed by atoms with van der Waals surface area (Å²) in [6.45, 7) is 29.2. The average molecular weight is 1490 g/mol. The van der Waals surface area contributed by atoms with E-state index >= 15 is 0 Å². The zero-order valence-corrected chi connectivity index (χ0v) is 66.0. The molecule has 8 N–H and O–H groups in total. The van der Waals surface area contributed by atoms with Crippen molar-refractivity contribution >= 4 is 58.8 Å². The molecule has 2 aromatic rings. The summed E-state index contributed by atoms with van der Waals surface area (Å²) in [5.74, 6) is -4.22. The molecule has 1 aliphatic heterocycles. The van der Waals surface area contributed by atoms with E-state index in [2.05, 4.69) is 16.0 Å². The zero-order chi connectivity index (χ0) is 78.6. The van der Waals surface area contributed by atoms with Crippen LogP contribution in [0.1, 0.15) is 158 Å². The number of ether oxygens (including phenoxy) is 9. The third-order valence-corrected chi connectivity index (χ3v) is 19.1. The Morgan fingerprint density at radius 3 is 1.70 bits per heavy atom. The number of hydrogen-bond donors (Lipinski definition) is 6. The fourth-order valence-electron chi connectivity index (χ4n) is 13.0. The zero-order valence-electron chi connectivity index (χ0n) is 66.0. The first-order valence-corrected chi connectivity index (χ1v) is 37.7. The Kier molecular flexibility index (Phi) is 48.0. The molecular weight excluding hydrogens is 1350 g/mol. The second-order valence-corrected chi connectivity index (χ2v) is 28.3. The number of nitrogens with one attached hydrogen (secondary N) is 3. The van der Waals surface area contributed by atoms with Gasteiger partial charge in [0.05, 0.1) is 135 Å². The number of ketones is 3. The monoisotopic (exact) mass is 1480 g/mol. The number of rotatable bonds is 54. The molecule has 0 spiro atoms. The highest BCUT2D eigenvalue weighted by Gasteiger charge is 2.44. The first kappa shape index (κ1) is 94.6. The van der Waals surface area contributed by atoms with Crippen molar-refractivity contribution in [1.29, 1.82) is 0 Å². The fourth-order valence-corrected chi connectivity index (χ4v) is 13.0. The van der Waals surface area contributed by atoms with Gasteiger partial charge in [0.15, 0.2) is 11.6 Å². The Morgan fingerprint density at radius 2 is 1.21 bits per heavy atom. The number of nitrogens with two attached hydrogens (primary N) is 2. The predicted molar refractivity (Wildman–Crippen MR) is 403 cm³/mol. The molecule has 0 aliphatic carbocycles. The van der Waals surface area contributed by atoms with Crippen LogP contribution in [0.4, 0.5) is 15.3 Å². The number of hydrogen-bond acceptors (Lipinski definition) is 20. The first-order chi connectivity index (χ1) is 50.0. The van der Waals surface area contributed by atoms with Gasteiger partial charge in [-0.15, -0.1) is 0 Å². The Labute approximate surface area is 625 Å². The van der Waals surface area contributed by atoms with Crippen molar-refractivity contribution in [3.05, 3.63) is 65.7 Å². The molecule has 0 radical (unpaired) electrons.